The van der Waals surface area contributed by atoms with Crippen LogP contribution in [0, 0.1) is 0 Å². The van der Waals surface area contributed by atoms with E-state index in [9.17, 15) is 0 Å². The molecule has 0 bridgehead atoms. The number of pyridine rings is 1. The molecular formula is C13H13NO2. The minimum Gasteiger partial charge on any atom is -0.458 e. The van der Waals surface area contributed by atoms with Crippen LogP contribution < -0.4 is 0 Å². The summed E-state index contributed by atoms with van der Waals surface area (Å²) in [6, 6.07) is 7.88. The normalized spacial score (nSPS) is 20.1. The van der Waals surface area contributed by atoms with Crippen LogP contribution in [0.4, 0.5) is 0 Å². The molecule has 3 nitrogen and oxygen atoms in total. The second kappa shape index (κ2) is 4.10. The molecule has 1 aliphatic heterocycles. The zero-order valence-electron chi connectivity index (χ0n) is 8.93. The molecule has 3 heteroatoms. The Hall–Kier alpha value is -1.61. The summed E-state index contributed by atoms with van der Waals surface area (Å²) >= 11 is 0. The molecule has 1 atom stereocenters. The molecule has 1 saturated heterocycles. The van der Waals surface area contributed by atoms with E-state index in [2.05, 4.69) is 4.98 Å². The third kappa shape index (κ3) is 1.74. The SMILES string of the molecule is c1cncc(-c2ccc(C3CCCO3)o2)c1. The fourth-order valence-corrected chi connectivity index (χ4v) is 1.99. The van der Waals surface area contributed by atoms with Crippen molar-refractivity contribution >= 4 is 0 Å². The molecule has 1 unspecified atom stereocenters. The summed E-state index contributed by atoms with van der Waals surface area (Å²) in [6.45, 7) is 0.841. The van der Waals surface area contributed by atoms with E-state index in [1.165, 1.54) is 0 Å². The summed E-state index contributed by atoms with van der Waals surface area (Å²) in [5.41, 5.74) is 1.01. The number of hydrogen-bond donors (Lipinski definition) is 0. The average Bonchev–Trinajstić information content (AvgIpc) is 3.01. The lowest BCUT2D eigenvalue weighted by Crippen LogP contribution is -1.92. The maximum absolute atomic E-state index is 5.79. The Morgan fingerprint density at radius 3 is 3.00 bits per heavy atom. The summed E-state index contributed by atoms with van der Waals surface area (Å²) in [5, 5.41) is 0. The van der Waals surface area contributed by atoms with Crippen LogP contribution in [-0.2, 0) is 4.74 Å². The minimum atomic E-state index is 0.144. The molecule has 0 aliphatic carbocycles. The second-order valence-electron chi connectivity index (χ2n) is 3.95. The number of aromatic nitrogens is 1. The van der Waals surface area contributed by atoms with E-state index in [0.29, 0.717) is 0 Å². The van der Waals surface area contributed by atoms with Crippen LogP contribution in [0.3, 0.4) is 0 Å². The van der Waals surface area contributed by atoms with E-state index in [4.69, 9.17) is 9.15 Å². The maximum Gasteiger partial charge on any atom is 0.135 e. The van der Waals surface area contributed by atoms with Crippen molar-refractivity contribution in [2.75, 3.05) is 6.61 Å². The van der Waals surface area contributed by atoms with E-state index in [-0.39, 0.29) is 6.10 Å². The first kappa shape index (κ1) is 9.60. The molecule has 0 radical (unpaired) electrons. The van der Waals surface area contributed by atoms with Gasteiger partial charge in [-0.05, 0) is 37.1 Å². The van der Waals surface area contributed by atoms with Gasteiger partial charge in [0, 0.05) is 24.6 Å². The van der Waals surface area contributed by atoms with Gasteiger partial charge in [0.25, 0.3) is 0 Å². The highest BCUT2D eigenvalue weighted by atomic mass is 16.5. The molecule has 0 amide bonds. The molecule has 1 aliphatic rings. The Kier molecular flexibility index (Phi) is 2.46. The highest BCUT2D eigenvalue weighted by Crippen LogP contribution is 2.32. The van der Waals surface area contributed by atoms with Crippen LogP contribution in [0.15, 0.2) is 41.1 Å². The highest BCUT2D eigenvalue weighted by Gasteiger charge is 2.21. The number of hydrogen-bond acceptors (Lipinski definition) is 3. The standard InChI is InChI=1S/C13H13NO2/c1-3-10(9-14-7-1)11-5-6-13(16-11)12-4-2-8-15-12/h1,3,5-7,9,12H,2,4,8H2. The van der Waals surface area contributed by atoms with Gasteiger partial charge in [-0.15, -0.1) is 0 Å². The van der Waals surface area contributed by atoms with Crippen molar-refractivity contribution in [3.05, 3.63) is 42.4 Å². The highest BCUT2D eigenvalue weighted by molar-refractivity contribution is 5.55. The Morgan fingerprint density at radius 2 is 2.25 bits per heavy atom. The first-order valence-corrected chi connectivity index (χ1v) is 5.55. The number of furan rings is 1. The van der Waals surface area contributed by atoms with Crippen molar-refractivity contribution in [3.8, 4) is 11.3 Å². The predicted molar refractivity (Wildman–Crippen MR) is 59.9 cm³/mol. The zero-order chi connectivity index (χ0) is 10.8. The van der Waals surface area contributed by atoms with Crippen LogP contribution in [0.25, 0.3) is 11.3 Å². The topological polar surface area (TPSA) is 35.3 Å². The first-order chi connectivity index (χ1) is 7.93. The van der Waals surface area contributed by atoms with Gasteiger partial charge in [0.2, 0.25) is 0 Å². The molecule has 1 fully saturated rings. The van der Waals surface area contributed by atoms with Crippen LogP contribution in [-0.4, -0.2) is 11.6 Å². The molecule has 3 heterocycles. The Bertz CT molecular complexity index is 458. The molecule has 2 aromatic rings. The lowest BCUT2D eigenvalue weighted by Gasteiger charge is -2.04. The molecule has 3 rings (SSSR count). The van der Waals surface area contributed by atoms with E-state index >= 15 is 0 Å². The summed E-state index contributed by atoms with van der Waals surface area (Å²) in [5.74, 6) is 1.79. The molecule has 0 spiro atoms. The van der Waals surface area contributed by atoms with E-state index in [0.717, 1.165) is 36.5 Å². The lowest BCUT2D eigenvalue weighted by molar-refractivity contribution is 0.0941. The monoisotopic (exact) mass is 215 g/mol. The maximum atomic E-state index is 5.79. The van der Waals surface area contributed by atoms with Crippen LogP contribution in [0.2, 0.25) is 0 Å². The van der Waals surface area contributed by atoms with Crippen molar-refractivity contribution in [2.24, 2.45) is 0 Å². The van der Waals surface area contributed by atoms with E-state index in [1.54, 1.807) is 12.4 Å². The Balaban J connectivity index is 1.87. The first-order valence-electron chi connectivity index (χ1n) is 5.55. The molecule has 16 heavy (non-hydrogen) atoms. The summed E-state index contributed by atoms with van der Waals surface area (Å²) in [4.78, 5) is 4.08. The second-order valence-corrected chi connectivity index (χ2v) is 3.95. The smallest absolute Gasteiger partial charge is 0.135 e. The van der Waals surface area contributed by atoms with Crippen LogP contribution >= 0.6 is 0 Å². The third-order valence-corrected chi connectivity index (χ3v) is 2.82. The Morgan fingerprint density at radius 1 is 1.25 bits per heavy atom. The van der Waals surface area contributed by atoms with Gasteiger partial charge in [-0.25, -0.2) is 0 Å². The largest absolute Gasteiger partial charge is 0.458 e. The van der Waals surface area contributed by atoms with Gasteiger partial charge in [0.05, 0.1) is 0 Å². The van der Waals surface area contributed by atoms with E-state index in [1.807, 2.05) is 24.3 Å². The van der Waals surface area contributed by atoms with Gasteiger partial charge in [-0.1, -0.05) is 0 Å². The minimum absolute atomic E-state index is 0.144. The molecule has 0 aromatic carbocycles. The van der Waals surface area contributed by atoms with Crippen molar-refractivity contribution in [1.29, 1.82) is 0 Å². The number of nitrogens with zero attached hydrogens (tertiary/aromatic N) is 1. The van der Waals surface area contributed by atoms with Crippen LogP contribution in [0.5, 0.6) is 0 Å². The molecular weight excluding hydrogens is 202 g/mol. The molecule has 82 valence electrons. The van der Waals surface area contributed by atoms with Crippen LogP contribution in [0.1, 0.15) is 24.7 Å². The lowest BCUT2D eigenvalue weighted by atomic mass is 10.2. The fourth-order valence-electron chi connectivity index (χ4n) is 1.99. The number of ether oxygens (including phenoxy) is 1. The van der Waals surface area contributed by atoms with Gasteiger partial charge >= 0.3 is 0 Å². The molecule has 2 aromatic heterocycles. The quantitative estimate of drug-likeness (QED) is 0.771. The Labute approximate surface area is 94.1 Å². The fraction of sp³-hybridized carbons (Fsp3) is 0.308. The summed E-state index contributed by atoms with van der Waals surface area (Å²) in [6.07, 6.45) is 5.88. The summed E-state index contributed by atoms with van der Waals surface area (Å²) in [7, 11) is 0. The van der Waals surface area contributed by atoms with Crippen molar-refractivity contribution in [3.63, 3.8) is 0 Å². The third-order valence-electron chi connectivity index (χ3n) is 2.82. The summed E-state index contributed by atoms with van der Waals surface area (Å²) < 4.78 is 11.4. The van der Waals surface area contributed by atoms with Crippen molar-refractivity contribution < 1.29 is 9.15 Å². The van der Waals surface area contributed by atoms with Gasteiger partial charge in [-0.3, -0.25) is 4.98 Å². The predicted octanol–water partition coefficient (Wildman–Crippen LogP) is 3.19. The van der Waals surface area contributed by atoms with Crippen molar-refractivity contribution in [2.45, 2.75) is 18.9 Å². The average molecular weight is 215 g/mol. The van der Waals surface area contributed by atoms with Crippen molar-refractivity contribution in [1.82, 2.24) is 4.98 Å². The molecule has 0 N–H and O–H groups in total. The van der Waals surface area contributed by atoms with Gasteiger partial charge in [0.15, 0.2) is 0 Å². The molecule has 0 saturated carbocycles. The van der Waals surface area contributed by atoms with Gasteiger partial charge in [-0.2, -0.15) is 0 Å². The van der Waals surface area contributed by atoms with Gasteiger partial charge in [0.1, 0.15) is 17.6 Å². The van der Waals surface area contributed by atoms with Gasteiger partial charge < -0.3 is 9.15 Å². The zero-order valence-corrected chi connectivity index (χ0v) is 8.93. The number of rotatable bonds is 2. The van der Waals surface area contributed by atoms with E-state index < -0.39 is 0 Å².